The van der Waals surface area contributed by atoms with E-state index in [2.05, 4.69) is 27.3 Å². The number of aromatic nitrogens is 1. The fourth-order valence-electron chi connectivity index (χ4n) is 4.82. The van der Waals surface area contributed by atoms with Crippen LogP contribution in [0.25, 0.3) is 11.3 Å². The Bertz CT molecular complexity index is 1280. The van der Waals surface area contributed by atoms with Crippen molar-refractivity contribution >= 4 is 21.2 Å². The van der Waals surface area contributed by atoms with Gasteiger partial charge in [-0.1, -0.05) is 18.2 Å². The summed E-state index contributed by atoms with van der Waals surface area (Å²) in [6.45, 7) is 3.57. The third kappa shape index (κ3) is 4.14. The van der Waals surface area contributed by atoms with Crippen LogP contribution in [0.1, 0.15) is 23.1 Å². The molecule has 0 spiro atoms. The van der Waals surface area contributed by atoms with Gasteiger partial charge in [-0.15, -0.1) is 0 Å². The molecule has 7 heteroatoms. The lowest BCUT2D eigenvalue weighted by molar-refractivity contribution is 0.194. The molecule has 0 aliphatic carbocycles. The number of nitrogens with zero attached hydrogens (tertiary/aromatic N) is 2. The molecule has 0 saturated carbocycles. The highest BCUT2D eigenvalue weighted by atomic mass is 32.2. The summed E-state index contributed by atoms with van der Waals surface area (Å²) in [5.74, 6) is 0.241. The van der Waals surface area contributed by atoms with Gasteiger partial charge in [0.15, 0.2) is 9.84 Å². The number of sulfone groups is 1. The Morgan fingerprint density at radius 2 is 2.03 bits per heavy atom. The van der Waals surface area contributed by atoms with Crippen LogP contribution in [-0.2, 0) is 22.8 Å². The number of benzene rings is 2. The zero-order chi connectivity index (χ0) is 22.3. The number of nitrogens with one attached hydrogen (secondary N) is 1. The predicted molar refractivity (Wildman–Crippen MR) is 125 cm³/mol. The predicted octanol–water partition coefficient (Wildman–Crippen LogP) is 4.48. The van der Waals surface area contributed by atoms with Gasteiger partial charge < -0.3 is 5.32 Å². The van der Waals surface area contributed by atoms with Crippen molar-refractivity contribution in [3.8, 4) is 11.3 Å². The molecule has 3 heterocycles. The lowest BCUT2D eigenvalue weighted by Crippen LogP contribution is -2.40. The maximum absolute atomic E-state index is 14.3. The molecule has 0 radical (unpaired) electrons. The van der Waals surface area contributed by atoms with Crippen LogP contribution in [0.15, 0.2) is 54.7 Å². The molecule has 1 atom stereocenters. The fourth-order valence-corrected chi connectivity index (χ4v) is 6.58. The minimum absolute atomic E-state index is 0.123. The second kappa shape index (κ2) is 8.30. The van der Waals surface area contributed by atoms with Crippen LogP contribution in [0, 0.1) is 12.7 Å². The molecule has 3 aromatic rings. The molecular weight excluding hydrogens is 425 g/mol. The molecule has 2 aliphatic rings. The van der Waals surface area contributed by atoms with Crippen molar-refractivity contribution in [3.05, 3.63) is 77.2 Å². The van der Waals surface area contributed by atoms with E-state index in [-0.39, 0.29) is 17.6 Å². The lowest BCUT2D eigenvalue weighted by Gasteiger charge is -2.34. The number of fused-ring (bicyclic) bond motifs is 1. The van der Waals surface area contributed by atoms with E-state index in [0.717, 1.165) is 48.4 Å². The van der Waals surface area contributed by atoms with Crippen LogP contribution >= 0.6 is 0 Å². The molecule has 1 aromatic heterocycles. The molecule has 5 rings (SSSR count). The number of rotatable bonds is 4. The summed E-state index contributed by atoms with van der Waals surface area (Å²) in [6.07, 6.45) is 3.20. The van der Waals surface area contributed by atoms with Gasteiger partial charge in [0.25, 0.3) is 0 Å². The highest BCUT2D eigenvalue weighted by Crippen LogP contribution is 2.33. The average Bonchev–Trinajstić information content (AvgIpc) is 3.15. The monoisotopic (exact) mass is 451 g/mol. The maximum Gasteiger partial charge on any atom is 0.151 e. The summed E-state index contributed by atoms with van der Waals surface area (Å²) in [6, 6.07) is 15.3. The molecule has 0 unspecified atom stereocenters. The highest BCUT2D eigenvalue weighted by Gasteiger charge is 2.34. The van der Waals surface area contributed by atoms with Crippen LogP contribution in [0.3, 0.4) is 0 Å². The summed E-state index contributed by atoms with van der Waals surface area (Å²) in [7, 11) is -2.89. The first-order valence-corrected chi connectivity index (χ1v) is 12.8. The quantitative estimate of drug-likeness (QED) is 0.634. The van der Waals surface area contributed by atoms with Crippen molar-refractivity contribution in [2.45, 2.75) is 32.4 Å². The Labute approximate surface area is 188 Å². The van der Waals surface area contributed by atoms with Gasteiger partial charge in [-0.25, -0.2) is 12.8 Å². The van der Waals surface area contributed by atoms with Gasteiger partial charge in [-0.2, -0.15) is 0 Å². The fraction of sp³-hybridized carbons (Fsp3) is 0.320. The van der Waals surface area contributed by atoms with E-state index < -0.39 is 9.84 Å². The van der Waals surface area contributed by atoms with Gasteiger partial charge in [-0.3, -0.25) is 9.88 Å². The SMILES string of the molecule is Cc1ccc(Nc2cccc3c2CCN([C@@H]2CCS(=O)(=O)C2)C3)cc1-c1ncccc1F. The normalized spacial score (nSPS) is 20.1. The number of aryl methyl sites for hydroxylation is 1. The Morgan fingerprint density at radius 1 is 1.16 bits per heavy atom. The summed E-state index contributed by atoms with van der Waals surface area (Å²) in [4.78, 5) is 6.54. The van der Waals surface area contributed by atoms with Gasteiger partial charge in [0.2, 0.25) is 0 Å². The maximum atomic E-state index is 14.3. The van der Waals surface area contributed by atoms with E-state index in [1.54, 1.807) is 12.3 Å². The van der Waals surface area contributed by atoms with E-state index in [0.29, 0.717) is 11.4 Å². The van der Waals surface area contributed by atoms with Gasteiger partial charge in [-0.05, 0) is 66.8 Å². The van der Waals surface area contributed by atoms with Gasteiger partial charge in [0.1, 0.15) is 11.5 Å². The Hall–Kier alpha value is -2.77. The molecular formula is C25H26FN3O2S. The van der Waals surface area contributed by atoms with Crippen molar-refractivity contribution in [2.24, 2.45) is 0 Å². The molecule has 0 amide bonds. The molecule has 1 saturated heterocycles. The van der Waals surface area contributed by atoms with Gasteiger partial charge in [0.05, 0.1) is 11.5 Å². The first-order valence-electron chi connectivity index (χ1n) is 10.9. The van der Waals surface area contributed by atoms with Crippen LogP contribution in [0.4, 0.5) is 15.8 Å². The van der Waals surface area contributed by atoms with E-state index in [9.17, 15) is 12.8 Å². The van der Waals surface area contributed by atoms with Crippen LogP contribution in [0.5, 0.6) is 0 Å². The van der Waals surface area contributed by atoms with E-state index in [4.69, 9.17) is 0 Å². The number of anilines is 2. The molecule has 5 nitrogen and oxygen atoms in total. The highest BCUT2D eigenvalue weighted by molar-refractivity contribution is 7.91. The summed E-state index contributed by atoms with van der Waals surface area (Å²) in [5.41, 5.74) is 6.50. The lowest BCUT2D eigenvalue weighted by atomic mass is 9.96. The van der Waals surface area contributed by atoms with Crippen molar-refractivity contribution < 1.29 is 12.8 Å². The average molecular weight is 452 g/mol. The summed E-state index contributed by atoms with van der Waals surface area (Å²) in [5, 5.41) is 3.52. The first kappa shape index (κ1) is 21.1. The summed E-state index contributed by atoms with van der Waals surface area (Å²) >= 11 is 0. The third-order valence-electron chi connectivity index (χ3n) is 6.55. The van der Waals surface area contributed by atoms with Crippen LogP contribution in [0.2, 0.25) is 0 Å². The van der Waals surface area contributed by atoms with Gasteiger partial charge in [0, 0.05) is 42.3 Å². The van der Waals surface area contributed by atoms with Crippen molar-refractivity contribution in [3.63, 3.8) is 0 Å². The second-order valence-corrected chi connectivity index (χ2v) is 10.9. The number of hydrogen-bond acceptors (Lipinski definition) is 5. The standard InChI is InChI=1S/C25H26FN3O2S/c1-17-7-8-19(14-22(17)25-23(26)5-3-11-27-25)28-24-6-2-4-18-15-29(12-9-21(18)24)20-10-13-32(30,31)16-20/h2-8,11,14,20,28H,9-10,12-13,15-16H2,1H3/t20-/m1/s1. The molecule has 2 aromatic carbocycles. The Kier molecular flexibility index (Phi) is 5.47. The molecule has 166 valence electrons. The molecule has 2 aliphatic heterocycles. The minimum atomic E-state index is -2.89. The number of hydrogen-bond donors (Lipinski definition) is 1. The second-order valence-electron chi connectivity index (χ2n) is 8.71. The Morgan fingerprint density at radius 3 is 2.81 bits per heavy atom. The topological polar surface area (TPSA) is 62.3 Å². The smallest absolute Gasteiger partial charge is 0.151 e. The van der Waals surface area contributed by atoms with Crippen LogP contribution in [-0.4, -0.2) is 42.4 Å². The van der Waals surface area contributed by atoms with Crippen LogP contribution < -0.4 is 5.32 Å². The largest absolute Gasteiger partial charge is 0.355 e. The van der Waals surface area contributed by atoms with E-state index in [1.807, 2.05) is 31.2 Å². The third-order valence-corrected chi connectivity index (χ3v) is 8.30. The number of halogens is 1. The molecule has 0 bridgehead atoms. The summed E-state index contributed by atoms with van der Waals surface area (Å²) < 4.78 is 38.1. The van der Waals surface area contributed by atoms with E-state index >= 15 is 0 Å². The van der Waals surface area contributed by atoms with Gasteiger partial charge >= 0.3 is 0 Å². The van der Waals surface area contributed by atoms with Crippen molar-refractivity contribution in [1.29, 1.82) is 0 Å². The zero-order valence-corrected chi connectivity index (χ0v) is 18.8. The number of pyridine rings is 1. The van der Waals surface area contributed by atoms with Crippen molar-refractivity contribution in [2.75, 3.05) is 23.4 Å². The zero-order valence-electron chi connectivity index (χ0n) is 18.0. The molecule has 1 fully saturated rings. The molecule has 32 heavy (non-hydrogen) atoms. The van der Waals surface area contributed by atoms with Crippen molar-refractivity contribution in [1.82, 2.24) is 9.88 Å². The minimum Gasteiger partial charge on any atom is -0.355 e. The van der Waals surface area contributed by atoms with E-state index in [1.165, 1.54) is 17.2 Å². The first-order chi connectivity index (χ1) is 15.4. The Balaban J connectivity index is 1.40. The molecule has 1 N–H and O–H groups in total.